The first kappa shape index (κ1) is 20.7. The van der Waals surface area contributed by atoms with Gasteiger partial charge in [0.15, 0.2) is 0 Å². The monoisotopic (exact) mass is 391 g/mol. The molecular weight excluding hydrogens is 362 g/mol. The summed E-state index contributed by atoms with van der Waals surface area (Å²) in [4.78, 5) is 6.66. The molecule has 0 fully saturated rings. The van der Waals surface area contributed by atoms with E-state index >= 15 is 0 Å². The number of pyridine rings is 1. The maximum Gasteiger partial charge on any atom is 0.132 e. The van der Waals surface area contributed by atoms with Crippen LogP contribution in [0.2, 0.25) is 0 Å². The molecule has 5 nitrogen and oxygen atoms in total. The minimum absolute atomic E-state index is 0.0436. The van der Waals surface area contributed by atoms with Gasteiger partial charge < -0.3 is 15.2 Å². The normalized spacial score (nSPS) is 11.1. The van der Waals surface area contributed by atoms with Gasteiger partial charge in [-0.05, 0) is 50.7 Å². The molecule has 0 radical (unpaired) electrons. The second-order valence-electron chi connectivity index (χ2n) is 7.34. The highest BCUT2D eigenvalue weighted by molar-refractivity contribution is 5.69. The van der Waals surface area contributed by atoms with Gasteiger partial charge in [-0.15, -0.1) is 0 Å². The van der Waals surface area contributed by atoms with Crippen LogP contribution < -0.4 is 15.2 Å². The number of hydrogen-bond acceptors (Lipinski definition) is 5. The van der Waals surface area contributed by atoms with Gasteiger partial charge in [0, 0.05) is 24.7 Å². The lowest BCUT2D eigenvalue weighted by Gasteiger charge is -2.18. The predicted octanol–water partition coefficient (Wildman–Crippen LogP) is 4.63. The van der Waals surface area contributed by atoms with E-state index in [9.17, 15) is 0 Å². The Morgan fingerprint density at radius 3 is 2.52 bits per heavy atom. The molecule has 5 heteroatoms. The number of anilines is 1. The van der Waals surface area contributed by atoms with Gasteiger partial charge in [-0.1, -0.05) is 36.4 Å². The fourth-order valence-electron chi connectivity index (χ4n) is 3.05. The molecule has 0 bridgehead atoms. The molecular formula is C24H29N3O2. The molecule has 0 saturated heterocycles. The Morgan fingerprint density at radius 1 is 1.00 bits per heavy atom. The minimum atomic E-state index is 0.0436. The van der Waals surface area contributed by atoms with Crippen molar-refractivity contribution in [1.29, 1.82) is 0 Å². The molecule has 0 aliphatic heterocycles. The van der Waals surface area contributed by atoms with Gasteiger partial charge in [0.1, 0.15) is 23.9 Å². The van der Waals surface area contributed by atoms with Gasteiger partial charge >= 0.3 is 0 Å². The topological polar surface area (TPSA) is 60.6 Å². The standard InChI is InChI=1S/C24H29N3O2/c1-18(2)29-23-16-20(12-13-21(23)22-10-7-11-24(25)26-22)28-15-14-27(3)17-19-8-5-4-6-9-19/h4-13,16,18H,14-15,17H2,1-3H3,(H2,25,26). The van der Waals surface area contributed by atoms with Crippen molar-refractivity contribution in [3.8, 4) is 22.8 Å². The summed E-state index contributed by atoms with van der Waals surface area (Å²) in [5.41, 5.74) is 8.83. The van der Waals surface area contributed by atoms with E-state index in [-0.39, 0.29) is 6.10 Å². The van der Waals surface area contributed by atoms with Crippen molar-refractivity contribution in [3.05, 3.63) is 72.3 Å². The Labute approximate surface area is 173 Å². The summed E-state index contributed by atoms with van der Waals surface area (Å²) < 4.78 is 12.0. The molecule has 29 heavy (non-hydrogen) atoms. The van der Waals surface area contributed by atoms with Gasteiger partial charge in [0.2, 0.25) is 0 Å². The van der Waals surface area contributed by atoms with Gasteiger partial charge in [0.05, 0.1) is 11.8 Å². The van der Waals surface area contributed by atoms with E-state index in [2.05, 4.69) is 41.2 Å². The van der Waals surface area contributed by atoms with Crippen LogP contribution in [-0.4, -0.2) is 36.2 Å². The second kappa shape index (κ2) is 9.94. The maximum atomic E-state index is 6.02. The summed E-state index contributed by atoms with van der Waals surface area (Å²) in [7, 11) is 2.10. The van der Waals surface area contributed by atoms with Crippen LogP contribution in [0.15, 0.2) is 66.7 Å². The minimum Gasteiger partial charge on any atom is -0.492 e. The number of likely N-dealkylation sites (N-methyl/N-ethyl adjacent to an activating group) is 1. The highest BCUT2D eigenvalue weighted by Crippen LogP contribution is 2.33. The number of aromatic nitrogens is 1. The highest BCUT2D eigenvalue weighted by Gasteiger charge is 2.12. The molecule has 0 unspecified atom stereocenters. The smallest absolute Gasteiger partial charge is 0.132 e. The molecule has 0 aliphatic rings. The number of benzene rings is 2. The number of nitrogen functional groups attached to an aromatic ring is 1. The number of rotatable bonds is 9. The first-order chi connectivity index (χ1) is 14.0. The van der Waals surface area contributed by atoms with Crippen molar-refractivity contribution in [2.75, 3.05) is 25.9 Å². The summed E-state index contributed by atoms with van der Waals surface area (Å²) in [5.74, 6) is 2.01. The quantitative estimate of drug-likeness (QED) is 0.576. The zero-order valence-corrected chi connectivity index (χ0v) is 17.3. The van der Waals surface area contributed by atoms with Crippen LogP contribution in [0.25, 0.3) is 11.3 Å². The molecule has 2 N–H and O–H groups in total. The van der Waals surface area contributed by atoms with Gasteiger partial charge in [-0.2, -0.15) is 0 Å². The zero-order chi connectivity index (χ0) is 20.6. The molecule has 1 aromatic heterocycles. The Hall–Kier alpha value is -3.05. The Kier molecular flexibility index (Phi) is 7.09. The van der Waals surface area contributed by atoms with Crippen molar-refractivity contribution in [3.63, 3.8) is 0 Å². The molecule has 2 aromatic carbocycles. The van der Waals surface area contributed by atoms with Crippen molar-refractivity contribution >= 4 is 5.82 Å². The van der Waals surface area contributed by atoms with Crippen molar-refractivity contribution in [1.82, 2.24) is 9.88 Å². The summed E-state index contributed by atoms with van der Waals surface area (Å²) in [5, 5.41) is 0. The Balaban J connectivity index is 1.65. The summed E-state index contributed by atoms with van der Waals surface area (Å²) >= 11 is 0. The summed E-state index contributed by atoms with van der Waals surface area (Å²) in [6.07, 6.45) is 0.0436. The van der Waals surface area contributed by atoms with Crippen LogP contribution in [0.4, 0.5) is 5.82 Å². The molecule has 3 rings (SSSR count). The average molecular weight is 392 g/mol. The molecule has 152 valence electrons. The van der Waals surface area contributed by atoms with E-state index in [1.165, 1.54) is 5.56 Å². The van der Waals surface area contributed by atoms with Crippen LogP contribution in [0.1, 0.15) is 19.4 Å². The third-order valence-corrected chi connectivity index (χ3v) is 4.40. The van der Waals surface area contributed by atoms with E-state index in [1.54, 1.807) is 6.07 Å². The van der Waals surface area contributed by atoms with E-state index < -0.39 is 0 Å². The molecule has 1 heterocycles. The highest BCUT2D eigenvalue weighted by atomic mass is 16.5. The van der Waals surface area contributed by atoms with Crippen molar-refractivity contribution in [2.24, 2.45) is 0 Å². The predicted molar refractivity (Wildman–Crippen MR) is 118 cm³/mol. The van der Waals surface area contributed by atoms with Gasteiger partial charge in [0.25, 0.3) is 0 Å². The largest absolute Gasteiger partial charge is 0.492 e. The lowest BCUT2D eigenvalue weighted by molar-refractivity contribution is 0.227. The SMILES string of the molecule is CC(C)Oc1cc(OCCN(C)Cc2ccccc2)ccc1-c1cccc(N)n1. The molecule has 0 amide bonds. The summed E-state index contributed by atoms with van der Waals surface area (Å²) in [6, 6.07) is 21.9. The zero-order valence-electron chi connectivity index (χ0n) is 17.3. The van der Waals surface area contributed by atoms with Crippen LogP contribution >= 0.6 is 0 Å². The second-order valence-corrected chi connectivity index (χ2v) is 7.34. The van der Waals surface area contributed by atoms with E-state index in [0.29, 0.717) is 12.4 Å². The van der Waals surface area contributed by atoms with Crippen molar-refractivity contribution in [2.45, 2.75) is 26.5 Å². The van der Waals surface area contributed by atoms with E-state index in [4.69, 9.17) is 15.2 Å². The maximum absolute atomic E-state index is 6.02. The fourth-order valence-corrected chi connectivity index (χ4v) is 3.05. The Morgan fingerprint density at radius 2 is 1.79 bits per heavy atom. The molecule has 3 aromatic rings. The molecule has 0 atom stereocenters. The van der Waals surface area contributed by atoms with Gasteiger partial charge in [-0.3, -0.25) is 4.90 Å². The lowest BCUT2D eigenvalue weighted by Crippen LogP contribution is -2.23. The Bertz CT molecular complexity index is 913. The van der Waals surface area contributed by atoms with Crippen LogP contribution in [0, 0.1) is 0 Å². The number of hydrogen-bond donors (Lipinski definition) is 1. The molecule has 0 saturated carbocycles. The first-order valence-corrected chi connectivity index (χ1v) is 9.90. The van der Waals surface area contributed by atoms with Crippen LogP contribution in [0.3, 0.4) is 0 Å². The molecule has 0 spiro atoms. The first-order valence-electron chi connectivity index (χ1n) is 9.90. The lowest BCUT2D eigenvalue weighted by atomic mass is 10.1. The van der Waals surface area contributed by atoms with Crippen LogP contribution in [-0.2, 0) is 6.54 Å². The van der Waals surface area contributed by atoms with E-state index in [0.717, 1.165) is 35.8 Å². The number of nitrogens with zero attached hydrogens (tertiary/aromatic N) is 2. The van der Waals surface area contributed by atoms with E-state index in [1.807, 2.05) is 50.2 Å². The van der Waals surface area contributed by atoms with Crippen LogP contribution in [0.5, 0.6) is 11.5 Å². The third-order valence-electron chi connectivity index (χ3n) is 4.40. The average Bonchev–Trinajstić information content (AvgIpc) is 2.68. The fraction of sp³-hybridized carbons (Fsp3) is 0.292. The molecule has 0 aliphatic carbocycles. The van der Waals surface area contributed by atoms with Gasteiger partial charge in [-0.25, -0.2) is 4.98 Å². The number of nitrogens with two attached hydrogens (primary N) is 1. The summed E-state index contributed by atoms with van der Waals surface area (Å²) in [6.45, 7) is 6.32. The van der Waals surface area contributed by atoms with Crippen molar-refractivity contribution < 1.29 is 9.47 Å². The number of ether oxygens (including phenoxy) is 2. The third kappa shape index (κ3) is 6.22.